The number of nitrogens with zero attached hydrogens (tertiary/aromatic N) is 2. The van der Waals surface area contributed by atoms with E-state index in [2.05, 4.69) is 20.6 Å². The van der Waals surface area contributed by atoms with Gasteiger partial charge in [0.15, 0.2) is 5.13 Å². The summed E-state index contributed by atoms with van der Waals surface area (Å²) in [5.41, 5.74) is 1.83. The molecule has 2 aromatic carbocycles. The minimum absolute atomic E-state index is 0.106. The second-order valence-corrected chi connectivity index (χ2v) is 7.81. The first-order chi connectivity index (χ1) is 14.3. The van der Waals surface area contributed by atoms with E-state index in [9.17, 15) is 22.8 Å². The van der Waals surface area contributed by atoms with E-state index in [0.717, 1.165) is 12.1 Å². The van der Waals surface area contributed by atoms with E-state index < -0.39 is 17.6 Å². The van der Waals surface area contributed by atoms with Gasteiger partial charge in [-0.3, -0.25) is 14.9 Å². The number of alkyl halides is 3. The SMILES string of the molecule is O=C(Nc1ccc2nc(NC(=O)c3cscn3)sc2c1)c1cccc(C(F)(F)F)c1. The first-order valence-corrected chi connectivity index (χ1v) is 10.1. The fourth-order valence-corrected chi connectivity index (χ4v) is 4.01. The molecular weight excluding hydrogens is 437 g/mol. The third-order valence-corrected chi connectivity index (χ3v) is 5.50. The first-order valence-electron chi connectivity index (χ1n) is 8.38. The number of carbonyl (C=O) groups excluding carboxylic acids is 2. The molecule has 0 atom stereocenters. The van der Waals surface area contributed by atoms with Crippen LogP contribution in [0.1, 0.15) is 26.4 Å². The van der Waals surface area contributed by atoms with Crippen LogP contribution in [0.25, 0.3) is 10.2 Å². The van der Waals surface area contributed by atoms with Gasteiger partial charge in [-0.25, -0.2) is 9.97 Å². The van der Waals surface area contributed by atoms with Gasteiger partial charge < -0.3 is 5.32 Å². The summed E-state index contributed by atoms with van der Waals surface area (Å²) in [4.78, 5) is 32.7. The molecule has 11 heteroatoms. The van der Waals surface area contributed by atoms with Crippen LogP contribution >= 0.6 is 22.7 Å². The van der Waals surface area contributed by atoms with E-state index in [1.807, 2.05) is 0 Å². The molecule has 0 saturated heterocycles. The highest BCUT2D eigenvalue weighted by Gasteiger charge is 2.30. The number of rotatable bonds is 4. The Labute approximate surface area is 175 Å². The molecule has 2 amide bonds. The van der Waals surface area contributed by atoms with Crippen LogP contribution in [-0.2, 0) is 6.18 Å². The van der Waals surface area contributed by atoms with Crippen molar-refractivity contribution < 1.29 is 22.8 Å². The van der Waals surface area contributed by atoms with Crippen LogP contribution in [0.5, 0.6) is 0 Å². The third-order valence-electron chi connectivity index (χ3n) is 3.98. The Bertz CT molecular complexity index is 1240. The summed E-state index contributed by atoms with van der Waals surface area (Å²) in [6, 6.07) is 9.06. The summed E-state index contributed by atoms with van der Waals surface area (Å²) >= 11 is 2.50. The normalized spacial score (nSPS) is 11.4. The molecule has 4 rings (SSSR count). The van der Waals surface area contributed by atoms with Crippen LogP contribution in [0.3, 0.4) is 0 Å². The predicted molar refractivity (Wildman–Crippen MR) is 109 cm³/mol. The number of aromatic nitrogens is 2. The molecule has 0 aliphatic heterocycles. The van der Waals surface area contributed by atoms with Crippen molar-refractivity contribution in [2.45, 2.75) is 6.18 Å². The van der Waals surface area contributed by atoms with Crippen molar-refractivity contribution >= 4 is 55.5 Å². The monoisotopic (exact) mass is 448 g/mol. The standard InChI is InChI=1S/C19H11F3N4O2S2/c20-19(21,22)11-3-1-2-10(6-11)16(27)24-12-4-5-13-15(7-12)30-18(25-13)26-17(28)14-8-29-9-23-14/h1-9H,(H,24,27)(H,25,26,28). The number of benzene rings is 2. The number of carbonyl (C=O) groups is 2. The second kappa shape index (κ2) is 7.84. The van der Waals surface area contributed by atoms with Crippen LogP contribution in [0.2, 0.25) is 0 Å². The van der Waals surface area contributed by atoms with Crippen molar-refractivity contribution in [1.82, 2.24) is 9.97 Å². The molecule has 2 N–H and O–H groups in total. The van der Waals surface area contributed by atoms with Crippen molar-refractivity contribution in [2.75, 3.05) is 10.6 Å². The summed E-state index contributed by atoms with van der Waals surface area (Å²) in [6.07, 6.45) is -4.53. The second-order valence-electron chi connectivity index (χ2n) is 6.06. The number of amides is 2. The van der Waals surface area contributed by atoms with Gasteiger partial charge in [-0.1, -0.05) is 17.4 Å². The van der Waals surface area contributed by atoms with E-state index in [1.54, 1.807) is 29.1 Å². The van der Waals surface area contributed by atoms with Gasteiger partial charge >= 0.3 is 6.18 Å². The van der Waals surface area contributed by atoms with Gasteiger partial charge in [0.05, 0.1) is 21.3 Å². The molecule has 0 unspecified atom stereocenters. The molecule has 152 valence electrons. The van der Waals surface area contributed by atoms with E-state index in [-0.39, 0.29) is 17.2 Å². The molecule has 0 aliphatic rings. The van der Waals surface area contributed by atoms with E-state index >= 15 is 0 Å². The number of hydrogen-bond acceptors (Lipinski definition) is 6. The first kappa shape index (κ1) is 20.0. The average Bonchev–Trinajstić information content (AvgIpc) is 3.36. The van der Waals surface area contributed by atoms with Gasteiger partial charge in [-0.2, -0.15) is 13.2 Å². The number of fused-ring (bicyclic) bond motifs is 1. The molecular formula is C19H11F3N4O2S2. The van der Waals surface area contributed by atoms with Gasteiger partial charge in [-0.05, 0) is 36.4 Å². The largest absolute Gasteiger partial charge is 0.416 e. The van der Waals surface area contributed by atoms with Crippen molar-refractivity contribution in [3.8, 4) is 0 Å². The Balaban J connectivity index is 1.51. The van der Waals surface area contributed by atoms with Crippen molar-refractivity contribution in [3.05, 3.63) is 70.2 Å². The van der Waals surface area contributed by atoms with Crippen LogP contribution in [0, 0.1) is 0 Å². The number of thiazole rings is 2. The molecule has 0 bridgehead atoms. The maximum Gasteiger partial charge on any atom is 0.416 e. The summed E-state index contributed by atoms with van der Waals surface area (Å²) in [7, 11) is 0. The number of hydrogen-bond donors (Lipinski definition) is 2. The van der Waals surface area contributed by atoms with Gasteiger partial charge in [-0.15, -0.1) is 11.3 Å². The van der Waals surface area contributed by atoms with Gasteiger partial charge in [0.25, 0.3) is 11.8 Å². The summed E-state index contributed by atoms with van der Waals surface area (Å²) in [5.74, 6) is -1.05. The molecule has 0 spiro atoms. The topological polar surface area (TPSA) is 84.0 Å². The highest BCUT2D eigenvalue weighted by atomic mass is 32.1. The van der Waals surface area contributed by atoms with Crippen LogP contribution in [-0.4, -0.2) is 21.8 Å². The van der Waals surface area contributed by atoms with Crippen LogP contribution in [0.4, 0.5) is 24.0 Å². The third kappa shape index (κ3) is 4.31. The molecule has 0 aliphatic carbocycles. The smallest absolute Gasteiger partial charge is 0.322 e. The highest BCUT2D eigenvalue weighted by Crippen LogP contribution is 2.31. The van der Waals surface area contributed by atoms with Crippen molar-refractivity contribution in [2.24, 2.45) is 0 Å². The van der Waals surface area contributed by atoms with Gasteiger partial charge in [0.2, 0.25) is 0 Å². The zero-order chi connectivity index (χ0) is 21.3. The number of anilines is 2. The van der Waals surface area contributed by atoms with Crippen LogP contribution in [0.15, 0.2) is 53.4 Å². The zero-order valence-electron chi connectivity index (χ0n) is 14.9. The van der Waals surface area contributed by atoms with E-state index in [4.69, 9.17) is 0 Å². The summed E-state index contributed by atoms with van der Waals surface area (Å²) in [6.45, 7) is 0. The van der Waals surface area contributed by atoms with E-state index in [1.165, 1.54) is 34.8 Å². The van der Waals surface area contributed by atoms with Crippen LogP contribution < -0.4 is 10.6 Å². The highest BCUT2D eigenvalue weighted by molar-refractivity contribution is 7.22. The molecule has 2 heterocycles. The average molecular weight is 448 g/mol. The Morgan fingerprint density at radius 2 is 1.83 bits per heavy atom. The maximum absolute atomic E-state index is 12.8. The Morgan fingerprint density at radius 1 is 1.00 bits per heavy atom. The lowest BCUT2D eigenvalue weighted by atomic mass is 10.1. The fraction of sp³-hybridized carbons (Fsp3) is 0.0526. The fourth-order valence-electron chi connectivity index (χ4n) is 2.58. The Morgan fingerprint density at radius 3 is 2.57 bits per heavy atom. The van der Waals surface area contributed by atoms with Crippen molar-refractivity contribution in [1.29, 1.82) is 0 Å². The minimum Gasteiger partial charge on any atom is -0.322 e. The minimum atomic E-state index is -4.53. The molecule has 0 fully saturated rings. The molecule has 4 aromatic rings. The number of halogens is 3. The molecule has 30 heavy (non-hydrogen) atoms. The molecule has 6 nitrogen and oxygen atoms in total. The van der Waals surface area contributed by atoms with E-state index in [0.29, 0.717) is 21.0 Å². The molecule has 0 saturated carbocycles. The summed E-state index contributed by atoms with van der Waals surface area (Å²) < 4.78 is 39.2. The lowest BCUT2D eigenvalue weighted by Gasteiger charge is -2.09. The quantitative estimate of drug-likeness (QED) is 0.445. The predicted octanol–water partition coefficient (Wildman–Crippen LogP) is 5.28. The van der Waals surface area contributed by atoms with Crippen molar-refractivity contribution in [3.63, 3.8) is 0 Å². The maximum atomic E-state index is 12.8. The van der Waals surface area contributed by atoms with Gasteiger partial charge in [0.1, 0.15) is 5.69 Å². The molecule has 0 radical (unpaired) electrons. The lowest BCUT2D eigenvalue weighted by molar-refractivity contribution is -0.137. The molecule has 2 aromatic heterocycles. The Hall–Kier alpha value is -3.31. The lowest BCUT2D eigenvalue weighted by Crippen LogP contribution is -2.13. The number of nitrogens with one attached hydrogen (secondary N) is 2. The summed E-state index contributed by atoms with van der Waals surface area (Å²) in [5, 5.41) is 7.22. The zero-order valence-corrected chi connectivity index (χ0v) is 16.5. The Kier molecular flexibility index (Phi) is 5.22. The van der Waals surface area contributed by atoms with Gasteiger partial charge in [0, 0.05) is 16.6 Å².